The number of carbonyl (C=O) groups excluding carboxylic acids is 1. The van der Waals surface area contributed by atoms with Gasteiger partial charge in [-0.15, -0.1) is 0 Å². The minimum absolute atomic E-state index is 0.234. The van der Waals surface area contributed by atoms with E-state index in [4.69, 9.17) is 4.74 Å². The SMILES string of the molecule is COc1ccc(C(C)C(=O)N(C)C(C)(C)C(=O)O)cc1. The summed E-state index contributed by atoms with van der Waals surface area (Å²) in [5.41, 5.74) is -0.415. The van der Waals surface area contributed by atoms with Crippen molar-refractivity contribution in [3.63, 3.8) is 0 Å². The minimum atomic E-state index is -1.24. The van der Waals surface area contributed by atoms with Crippen molar-refractivity contribution in [2.24, 2.45) is 0 Å². The second-order valence-electron chi connectivity index (χ2n) is 5.26. The lowest BCUT2D eigenvalue weighted by Crippen LogP contribution is -2.51. The zero-order valence-corrected chi connectivity index (χ0v) is 12.5. The number of carboxylic acids is 1. The predicted octanol–water partition coefficient (Wildman–Crippen LogP) is 2.12. The maximum absolute atomic E-state index is 12.4. The summed E-state index contributed by atoms with van der Waals surface area (Å²) < 4.78 is 5.07. The molecule has 20 heavy (non-hydrogen) atoms. The third-order valence-corrected chi connectivity index (χ3v) is 3.68. The average molecular weight is 279 g/mol. The number of likely N-dealkylation sites (N-methyl/N-ethyl adjacent to an activating group) is 1. The van der Waals surface area contributed by atoms with Crippen LogP contribution in [0, 0.1) is 0 Å². The zero-order chi connectivity index (χ0) is 15.5. The average Bonchev–Trinajstić information content (AvgIpc) is 2.44. The second kappa shape index (κ2) is 5.94. The zero-order valence-electron chi connectivity index (χ0n) is 12.5. The smallest absolute Gasteiger partial charge is 0.329 e. The van der Waals surface area contributed by atoms with E-state index >= 15 is 0 Å². The molecule has 1 aromatic carbocycles. The third-order valence-electron chi connectivity index (χ3n) is 3.68. The largest absolute Gasteiger partial charge is 0.497 e. The molecule has 0 fully saturated rings. The molecule has 1 rings (SSSR count). The Labute approximate surface area is 119 Å². The number of hydrogen-bond acceptors (Lipinski definition) is 3. The molecule has 1 unspecified atom stereocenters. The van der Waals surface area contributed by atoms with Gasteiger partial charge in [-0.05, 0) is 38.5 Å². The maximum atomic E-state index is 12.4. The van der Waals surface area contributed by atoms with Crippen molar-refractivity contribution in [1.29, 1.82) is 0 Å². The molecule has 0 aliphatic carbocycles. The lowest BCUT2D eigenvalue weighted by Gasteiger charge is -2.33. The highest BCUT2D eigenvalue weighted by atomic mass is 16.5. The Kier molecular flexibility index (Phi) is 4.76. The van der Waals surface area contributed by atoms with Gasteiger partial charge in [0.1, 0.15) is 11.3 Å². The van der Waals surface area contributed by atoms with Crippen LogP contribution < -0.4 is 4.74 Å². The van der Waals surface area contributed by atoms with Gasteiger partial charge in [-0.25, -0.2) is 4.79 Å². The number of amides is 1. The summed E-state index contributed by atoms with van der Waals surface area (Å²) >= 11 is 0. The molecular formula is C15H21NO4. The van der Waals surface area contributed by atoms with Gasteiger partial charge in [0.15, 0.2) is 0 Å². The monoisotopic (exact) mass is 279 g/mol. The van der Waals surface area contributed by atoms with Crippen molar-refractivity contribution in [2.75, 3.05) is 14.2 Å². The number of methoxy groups -OCH3 is 1. The van der Waals surface area contributed by atoms with Crippen LogP contribution in [0.4, 0.5) is 0 Å². The fourth-order valence-electron chi connectivity index (χ4n) is 1.74. The number of carbonyl (C=O) groups is 2. The van der Waals surface area contributed by atoms with Crippen molar-refractivity contribution < 1.29 is 19.4 Å². The van der Waals surface area contributed by atoms with Crippen molar-refractivity contribution in [3.8, 4) is 5.75 Å². The molecule has 1 amide bonds. The highest BCUT2D eigenvalue weighted by Gasteiger charge is 2.37. The molecule has 0 aliphatic heterocycles. The van der Waals surface area contributed by atoms with Gasteiger partial charge in [-0.2, -0.15) is 0 Å². The Morgan fingerprint density at radius 3 is 2.15 bits per heavy atom. The normalized spacial score (nSPS) is 12.7. The molecule has 5 nitrogen and oxygen atoms in total. The van der Waals surface area contributed by atoms with Crippen LogP contribution in [0.2, 0.25) is 0 Å². The number of aliphatic carboxylic acids is 1. The van der Waals surface area contributed by atoms with Crippen LogP contribution in [0.3, 0.4) is 0 Å². The molecule has 0 saturated carbocycles. The van der Waals surface area contributed by atoms with Crippen LogP contribution in [0.5, 0.6) is 5.75 Å². The summed E-state index contributed by atoms with van der Waals surface area (Å²) in [5, 5.41) is 9.17. The Bertz CT molecular complexity index is 493. The minimum Gasteiger partial charge on any atom is -0.497 e. The molecule has 0 spiro atoms. The standard InChI is InChI=1S/C15H21NO4/c1-10(11-6-8-12(20-5)9-7-11)13(17)16(4)15(2,3)14(18)19/h6-10H,1-5H3,(H,18,19). The molecule has 110 valence electrons. The molecule has 0 radical (unpaired) electrons. The van der Waals surface area contributed by atoms with Crippen molar-refractivity contribution >= 4 is 11.9 Å². The number of rotatable bonds is 5. The first kappa shape index (κ1) is 16.0. The molecule has 0 aromatic heterocycles. The molecule has 0 heterocycles. The topological polar surface area (TPSA) is 66.8 Å². The van der Waals surface area contributed by atoms with Gasteiger partial charge < -0.3 is 14.7 Å². The third kappa shape index (κ3) is 3.10. The first-order chi connectivity index (χ1) is 9.21. The first-order valence-corrected chi connectivity index (χ1v) is 6.36. The van der Waals surface area contributed by atoms with Crippen molar-refractivity contribution in [3.05, 3.63) is 29.8 Å². The molecule has 5 heteroatoms. The van der Waals surface area contributed by atoms with E-state index < -0.39 is 17.4 Å². The van der Waals surface area contributed by atoms with Crippen molar-refractivity contribution in [2.45, 2.75) is 32.2 Å². The molecule has 0 saturated heterocycles. The van der Waals surface area contributed by atoms with Crippen LogP contribution in [0.25, 0.3) is 0 Å². The van der Waals surface area contributed by atoms with Gasteiger partial charge in [-0.1, -0.05) is 12.1 Å². The van der Waals surface area contributed by atoms with E-state index in [-0.39, 0.29) is 5.91 Å². The van der Waals surface area contributed by atoms with Crippen LogP contribution >= 0.6 is 0 Å². The molecule has 1 N–H and O–H groups in total. The predicted molar refractivity (Wildman–Crippen MR) is 75.9 cm³/mol. The fraction of sp³-hybridized carbons (Fsp3) is 0.467. The van der Waals surface area contributed by atoms with E-state index in [0.29, 0.717) is 5.75 Å². The summed E-state index contributed by atoms with van der Waals surface area (Å²) in [5.74, 6) is -0.963. The first-order valence-electron chi connectivity index (χ1n) is 6.36. The molecule has 1 aromatic rings. The number of ether oxygens (including phenoxy) is 1. The quantitative estimate of drug-likeness (QED) is 0.896. The van der Waals surface area contributed by atoms with Gasteiger partial charge in [0.2, 0.25) is 5.91 Å². The highest BCUT2D eigenvalue weighted by Crippen LogP contribution is 2.24. The number of hydrogen-bond donors (Lipinski definition) is 1. The lowest BCUT2D eigenvalue weighted by molar-refractivity contribution is -0.155. The number of benzene rings is 1. The molecule has 1 atom stereocenters. The van der Waals surface area contributed by atoms with E-state index in [1.54, 1.807) is 26.2 Å². The van der Waals surface area contributed by atoms with Gasteiger partial charge in [-0.3, -0.25) is 4.79 Å². The summed E-state index contributed by atoms with van der Waals surface area (Å²) in [7, 11) is 3.09. The Morgan fingerprint density at radius 1 is 1.25 bits per heavy atom. The van der Waals surface area contributed by atoms with Crippen LogP contribution in [-0.4, -0.2) is 41.6 Å². The van der Waals surface area contributed by atoms with E-state index in [0.717, 1.165) is 5.56 Å². The Balaban J connectivity index is 2.93. The van der Waals surface area contributed by atoms with E-state index in [2.05, 4.69) is 0 Å². The van der Waals surface area contributed by atoms with E-state index in [9.17, 15) is 14.7 Å². The maximum Gasteiger partial charge on any atom is 0.329 e. The van der Waals surface area contributed by atoms with Gasteiger partial charge in [0.05, 0.1) is 13.0 Å². The Morgan fingerprint density at radius 2 is 1.75 bits per heavy atom. The summed E-state index contributed by atoms with van der Waals surface area (Å²) in [6.07, 6.45) is 0. The molecule has 0 aliphatic rings. The summed E-state index contributed by atoms with van der Waals surface area (Å²) in [6, 6.07) is 7.18. The Hall–Kier alpha value is -2.04. The van der Waals surface area contributed by atoms with Crippen molar-refractivity contribution in [1.82, 2.24) is 4.90 Å². The van der Waals surface area contributed by atoms with E-state index in [1.165, 1.54) is 25.8 Å². The molecule has 0 bridgehead atoms. The number of carboxylic acid groups (broad SMARTS) is 1. The number of nitrogens with zero attached hydrogens (tertiary/aromatic N) is 1. The van der Waals surface area contributed by atoms with Crippen LogP contribution in [-0.2, 0) is 9.59 Å². The lowest BCUT2D eigenvalue weighted by atomic mass is 9.96. The molecular weight excluding hydrogens is 258 g/mol. The van der Waals surface area contributed by atoms with Crippen LogP contribution in [0.15, 0.2) is 24.3 Å². The fourth-order valence-corrected chi connectivity index (χ4v) is 1.74. The van der Waals surface area contributed by atoms with E-state index in [1.807, 2.05) is 12.1 Å². The highest BCUT2D eigenvalue weighted by molar-refractivity contribution is 5.89. The summed E-state index contributed by atoms with van der Waals surface area (Å²) in [6.45, 7) is 4.78. The summed E-state index contributed by atoms with van der Waals surface area (Å²) in [4.78, 5) is 24.8. The van der Waals surface area contributed by atoms with Gasteiger partial charge >= 0.3 is 5.97 Å². The second-order valence-corrected chi connectivity index (χ2v) is 5.26. The van der Waals surface area contributed by atoms with Crippen LogP contribution in [0.1, 0.15) is 32.3 Å². The van der Waals surface area contributed by atoms with Gasteiger partial charge in [0, 0.05) is 7.05 Å². The van der Waals surface area contributed by atoms with Gasteiger partial charge in [0.25, 0.3) is 0 Å².